The van der Waals surface area contributed by atoms with Gasteiger partial charge in [0.1, 0.15) is 5.56 Å². The lowest BCUT2D eigenvalue weighted by atomic mass is 10.1. The molecule has 0 saturated heterocycles. The number of nitrogens with zero attached hydrogens (tertiary/aromatic N) is 1. The summed E-state index contributed by atoms with van der Waals surface area (Å²) in [5, 5.41) is 2.87. The van der Waals surface area contributed by atoms with Gasteiger partial charge in [-0.25, -0.2) is 4.98 Å². The standard InChI is InChI=1S/C17H20N2O2/c1-3-6-13-8-10-14(11-9-13)19-16(20)15-7-5-12-18-17(15)21-4-2/h5,7-12H,3-4,6H2,1-2H3,(H,19,20). The van der Waals surface area contributed by atoms with Gasteiger partial charge >= 0.3 is 0 Å². The molecule has 0 saturated carbocycles. The highest BCUT2D eigenvalue weighted by atomic mass is 16.5. The number of ether oxygens (including phenoxy) is 1. The third-order valence-electron chi connectivity index (χ3n) is 3.05. The van der Waals surface area contributed by atoms with Gasteiger partial charge in [0.2, 0.25) is 5.88 Å². The van der Waals surface area contributed by atoms with E-state index in [0.717, 1.165) is 18.5 Å². The summed E-state index contributed by atoms with van der Waals surface area (Å²) >= 11 is 0. The highest BCUT2D eigenvalue weighted by Crippen LogP contribution is 2.17. The van der Waals surface area contributed by atoms with Crippen molar-refractivity contribution in [3.8, 4) is 5.88 Å². The van der Waals surface area contributed by atoms with Crippen molar-refractivity contribution >= 4 is 11.6 Å². The fraction of sp³-hybridized carbons (Fsp3) is 0.294. The lowest BCUT2D eigenvalue weighted by molar-refractivity contribution is 0.102. The molecule has 0 aliphatic carbocycles. The van der Waals surface area contributed by atoms with Crippen LogP contribution < -0.4 is 10.1 Å². The van der Waals surface area contributed by atoms with Crippen molar-refractivity contribution in [2.75, 3.05) is 11.9 Å². The zero-order valence-corrected chi connectivity index (χ0v) is 12.4. The van der Waals surface area contributed by atoms with Crippen molar-refractivity contribution in [1.29, 1.82) is 0 Å². The first-order valence-corrected chi connectivity index (χ1v) is 7.22. The predicted octanol–water partition coefficient (Wildman–Crippen LogP) is 3.69. The average Bonchev–Trinajstić information content (AvgIpc) is 2.50. The van der Waals surface area contributed by atoms with E-state index >= 15 is 0 Å². The fourth-order valence-corrected chi connectivity index (χ4v) is 2.06. The number of hydrogen-bond donors (Lipinski definition) is 1. The second-order valence-corrected chi connectivity index (χ2v) is 4.69. The molecule has 0 aliphatic heterocycles. The monoisotopic (exact) mass is 284 g/mol. The minimum atomic E-state index is -0.213. The minimum Gasteiger partial charge on any atom is -0.477 e. The molecule has 21 heavy (non-hydrogen) atoms. The Kier molecular flexibility index (Phi) is 5.32. The van der Waals surface area contributed by atoms with Crippen molar-refractivity contribution in [3.63, 3.8) is 0 Å². The molecule has 2 aromatic rings. The third-order valence-corrected chi connectivity index (χ3v) is 3.05. The van der Waals surface area contributed by atoms with E-state index < -0.39 is 0 Å². The molecule has 0 radical (unpaired) electrons. The van der Waals surface area contributed by atoms with Gasteiger partial charge in [-0.3, -0.25) is 4.79 Å². The van der Waals surface area contributed by atoms with Crippen LogP contribution in [0.5, 0.6) is 5.88 Å². The van der Waals surface area contributed by atoms with Crippen molar-refractivity contribution in [2.24, 2.45) is 0 Å². The van der Waals surface area contributed by atoms with Crippen LogP contribution in [0.2, 0.25) is 0 Å². The first-order valence-electron chi connectivity index (χ1n) is 7.22. The van der Waals surface area contributed by atoms with Crippen molar-refractivity contribution in [2.45, 2.75) is 26.7 Å². The molecule has 0 bridgehead atoms. The maximum atomic E-state index is 12.3. The van der Waals surface area contributed by atoms with Gasteiger partial charge in [-0.15, -0.1) is 0 Å². The largest absolute Gasteiger partial charge is 0.477 e. The first kappa shape index (κ1) is 15.0. The quantitative estimate of drug-likeness (QED) is 0.880. The van der Waals surface area contributed by atoms with Crippen LogP contribution in [0.1, 0.15) is 36.2 Å². The van der Waals surface area contributed by atoms with Gasteiger partial charge in [0.25, 0.3) is 5.91 Å². The Bertz CT molecular complexity index is 594. The molecule has 1 N–H and O–H groups in total. The number of aromatic nitrogens is 1. The molecule has 0 unspecified atom stereocenters. The number of aryl methyl sites for hydroxylation is 1. The molecule has 1 heterocycles. The molecular weight excluding hydrogens is 264 g/mol. The topological polar surface area (TPSA) is 51.2 Å². The Hall–Kier alpha value is -2.36. The summed E-state index contributed by atoms with van der Waals surface area (Å²) in [4.78, 5) is 16.4. The van der Waals surface area contributed by atoms with Gasteiger partial charge in [-0.2, -0.15) is 0 Å². The number of anilines is 1. The smallest absolute Gasteiger partial charge is 0.261 e. The van der Waals surface area contributed by atoms with E-state index in [2.05, 4.69) is 17.2 Å². The van der Waals surface area contributed by atoms with Gasteiger partial charge < -0.3 is 10.1 Å². The number of amides is 1. The first-order chi connectivity index (χ1) is 10.2. The van der Waals surface area contributed by atoms with Crippen molar-refractivity contribution in [3.05, 3.63) is 53.7 Å². The van der Waals surface area contributed by atoms with Gasteiger partial charge in [0.15, 0.2) is 0 Å². The molecule has 1 aromatic carbocycles. The molecule has 4 nitrogen and oxygen atoms in total. The second kappa shape index (κ2) is 7.43. The Morgan fingerprint density at radius 2 is 1.95 bits per heavy atom. The Labute approximate surface area is 125 Å². The Balaban J connectivity index is 2.10. The highest BCUT2D eigenvalue weighted by Gasteiger charge is 2.13. The third kappa shape index (κ3) is 4.05. The average molecular weight is 284 g/mol. The van der Waals surface area contributed by atoms with E-state index in [-0.39, 0.29) is 5.91 Å². The van der Waals surface area contributed by atoms with Gasteiger partial charge in [0, 0.05) is 11.9 Å². The van der Waals surface area contributed by atoms with E-state index in [9.17, 15) is 4.79 Å². The lowest BCUT2D eigenvalue weighted by Gasteiger charge is -2.09. The maximum Gasteiger partial charge on any atom is 0.261 e. The number of rotatable bonds is 6. The maximum absolute atomic E-state index is 12.3. The van der Waals surface area contributed by atoms with Gasteiger partial charge in [-0.05, 0) is 43.2 Å². The zero-order chi connectivity index (χ0) is 15.1. The molecule has 0 atom stereocenters. The van der Waals surface area contributed by atoms with Crippen molar-refractivity contribution < 1.29 is 9.53 Å². The van der Waals surface area contributed by atoms with Gasteiger partial charge in [-0.1, -0.05) is 25.5 Å². The Morgan fingerprint density at radius 1 is 1.19 bits per heavy atom. The van der Waals surface area contributed by atoms with Crippen molar-refractivity contribution in [1.82, 2.24) is 4.98 Å². The zero-order valence-electron chi connectivity index (χ0n) is 12.4. The second-order valence-electron chi connectivity index (χ2n) is 4.69. The SMILES string of the molecule is CCCc1ccc(NC(=O)c2cccnc2OCC)cc1. The van der Waals surface area contributed by atoms with E-state index in [4.69, 9.17) is 4.74 Å². The van der Waals surface area contributed by atoms with Crippen LogP contribution in [-0.2, 0) is 6.42 Å². The molecule has 2 rings (SSSR count). The number of nitrogens with one attached hydrogen (secondary N) is 1. The van der Waals surface area contributed by atoms with Crippen LogP contribution >= 0.6 is 0 Å². The van der Waals surface area contributed by atoms with E-state index in [1.165, 1.54) is 5.56 Å². The number of carbonyl (C=O) groups is 1. The minimum absolute atomic E-state index is 0.213. The van der Waals surface area contributed by atoms with E-state index in [1.54, 1.807) is 18.3 Å². The summed E-state index contributed by atoms with van der Waals surface area (Å²) in [6, 6.07) is 11.3. The molecule has 110 valence electrons. The molecule has 0 fully saturated rings. The number of benzene rings is 1. The summed E-state index contributed by atoms with van der Waals surface area (Å²) in [6.07, 6.45) is 3.77. The van der Waals surface area contributed by atoms with Crippen LogP contribution in [0.25, 0.3) is 0 Å². The Morgan fingerprint density at radius 3 is 2.62 bits per heavy atom. The summed E-state index contributed by atoms with van der Waals surface area (Å²) in [5.41, 5.74) is 2.48. The molecule has 0 spiro atoms. The van der Waals surface area contributed by atoms with E-state index in [1.807, 2.05) is 31.2 Å². The summed E-state index contributed by atoms with van der Waals surface area (Å²) in [7, 11) is 0. The highest BCUT2D eigenvalue weighted by molar-refractivity contribution is 6.05. The van der Waals surface area contributed by atoms with E-state index in [0.29, 0.717) is 18.1 Å². The van der Waals surface area contributed by atoms with Crippen LogP contribution in [-0.4, -0.2) is 17.5 Å². The molecule has 4 heteroatoms. The number of hydrogen-bond acceptors (Lipinski definition) is 3. The molecule has 1 aromatic heterocycles. The number of carbonyl (C=O) groups excluding carboxylic acids is 1. The lowest BCUT2D eigenvalue weighted by Crippen LogP contribution is -2.14. The normalized spacial score (nSPS) is 10.2. The van der Waals surface area contributed by atoms with Crippen LogP contribution in [0.3, 0.4) is 0 Å². The molecule has 0 aliphatic rings. The van der Waals surface area contributed by atoms with Crippen LogP contribution in [0.15, 0.2) is 42.6 Å². The number of pyridine rings is 1. The summed E-state index contributed by atoms with van der Waals surface area (Å²) in [6.45, 7) is 4.49. The predicted molar refractivity (Wildman–Crippen MR) is 83.8 cm³/mol. The fourth-order valence-electron chi connectivity index (χ4n) is 2.06. The molecular formula is C17H20N2O2. The molecule has 1 amide bonds. The summed E-state index contributed by atoms with van der Waals surface area (Å²) in [5.74, 6) is 0.148. The van der Waals surface area contributed by atoms with Gasteiger partial charge in [0.05, 0.1) is 6.61 Å². The van der Waals surface area contributed by atoms with Crippen LogP contribution in [0.4, 0.5) is 5.69 Å². The van der Waals surface area contributed by atoms with Crippen LogP contribution in [0, 0.1) is 0 Å². The summed E-state index contributed by atoms with van der Waals surface area (Å²) < 4.78 is 5.37.